The maximum Gasteiger partial charge on any atom is 0.245 e. The molecule has 1 aliphatic heterocycles. The molecule has 2 aromatic rings. The molecule has 10 atom stereocenters. The first-order valence-corrected chi connectivity index (χ1v) is 33.7. The van der Waals surface area contributed by atoms with Crippen LogP contribution in [0.2, 0.25) is 0 Å². The molecule has 1 saturated heterocycles. The monoisotopic (exact) mass is 1410 g/mol. The van der Waals surface area contributed by atoms with Crippen LogP contribution in [0.5, 0.6) is 5.75 Å². The zero-order valence-electron chi connectivity index (χ0n) is 56.3. The number of phenolic OH excluding ortho intramolecular Hbond substituents is 1. The molecule has 1 aliphatic rings. The third-order valence-corrected chi connectivity index (χ3v) is 15.9. The van der Waals surface area contributed by atoms with Gasteiger partial charge in [0.15, 0.2) is 5.96 Å². The number of thioether (sulfide) groups is 1. The molecule has 14 amide bonds. The predicted molar refractivity (Wildman–Crippen MR) is 363 cm³/mol. The number of rotatable bonds is 44. The molecular weight excluding hydrogens is 1310 g/mol. The number of nitrogens with zero attached hydrogens (tertiary/aromatic N) is 2. The Hall–Kier alpha value is -9.68. The van der Waals surface area contributed by atoms with E-state index in [1.807, 2.05) is 13.8 Å². The van der Waals surface area contributed by atoms with Gasteiger partial charge in [0.2, 0.25) is 82.7 Å². The fourth-order valence-electron chi connectivity index (χ4n) is 10.1. The van der Waals surface area contributed by atoms with E-state index < -0.39 is 189 Å². The van der Waals surface area contributed by atoms with Crippen LogP contribution in [0.4, 0.5) is 0 Å². The van der Waals surface area contributed by atoms with Gasteiger partial charge < -0.3 is 107 Å². The van der Waals surface area contributed by atoms with Crippen molar-refractivity contribution in [2.75, 3.05) is 57.9 Å². The van der Waals surface area contributed by atoms with Crippen molar-refractivity contribution in [2.45, 2.75) is 159 Å². The SMILES string of the molecule is CSCC[C@H](NC(=O)CNC(=O)[C@H](CO)NC(=O)[C@@H]1CCCN1C(=O)[C@@H](N)CO)C(=O)N[C@@H](CCC(N)=O)C(=O)N[C@@H](CCCN=C(N)N)C(=O)N[C@@H](CC(C)C)C(=O)N[C@@H](Cc1ccc(O)cc1)C(=O)NCC(=O)N[C@@H](Cc1ccccc1)C(=O)NCC(=O)N[C@@H](CC(C)C)C(N)=O. The summed E-state index contributed by atoms with van der Waals surface area (Å²) < 4.78 is 0. The lowest BCUT2D eigenvalue weighted by molar-refractivity contribution is -0.141. The Morgan fingerprint density at radius 3 is 1.49 bits per heavy atom. The Morgan fingerprint density at radius 1 is 0.545 bits per heavy atom. The van der Waals surface area contributed by atoms with Crippen LogP contribution in [0.1, 0.15) is 96.6 Å². The van der Waals surface area contributed by atoms with Gasteiger partial charge in [0, 0.05) is 32.4 Å². The molecule has 0 saturated carbocycles. The van der Waals surface area contributed by atoms with Gasteiger partial charge in [-0.05, 0) is 98.5 Å². The smallest absolute Gasteiger partial charge is 0.245 e. The largest absolute Gasteiger partial charge is 0.508 e. The quantitative estimate of drug-likeness (QED) is 0.0167. The number of nitrogens with one attached hydrogen (secondary N) is 11. The van der Waals surface area contributed by atoms with Gasteiger partial charge >= 0.3 is 0 Å². The molecule has 0 bridgehead atoms. The number of phenols is 1. The molecule has 0 spiro atoms. The van der Waals surface area contributed by atoms with Crippen LogP contribution in [-0.2, 0) is 80.0 Å². The van der Waals surface area contributed by atoms with Crippen molar-refractivity contribution in [2.24, 2.45) is 45.5 Å². The van der Waals surface area contributed by atoms with Gasteiger partial charge in [-0.3, -0.25) is 72.1 Å². The number of hydrogen-bond acceptors (Lipinski definition) is 20. The molecule has 0 radical (unpaired) electrons. The van der Waals surface area contributed by atoms with E-state index in [4.69, 9.17) is 28.7 Å². The van der Waals surface area contributed by atoms with Crippen molar-refractivity contribution in [3.8, 4) is 5.75 Å². The number of aliphatic imine (C=N–C) groups is 1. The lowest BCUT2D eigenvalue weighted by atomic mass is 10.00. The van der Waals surface area contributed by atoms with E-state index in [0.717, 1.165) is 4.90 Å². The Kier molecular flexibility index (Phi) is 36.8. The molecule has 0 aliphatic carbocycles. The minimum atomic E-state index is -1.62. The van der Waals surface area contributed by atoms with Gasteiger partial charge in [-0.15, -0.1) is 0 Å². The molecule has 24 N–H and O–H groups in total. The predicted octanol–water partition coefficient (Wildman–Crippen LogP) is -6.64. The van der Waals surface area contributed by atoms with Gasteiger partial charge in [-0.2, -0.15) is 11.8 Å². The van der Waals surface area contributed by atoms with E-state index in [0.29, 0.717) is 17.5 Å². The van der Waals surface area contributed by atoms with Crippen molar-refractivity contribution >= 4 is 100 Å². The molecule has 1 fully saturated rings. The van der Waals surface area contributed by atoms with Crippen LogP contribution in [0.25, 0.3) is 0 Å². The molecule has 35 nitrogen and oxygen atoms in total. The molecule has 0 unspecified atom stereocenters. The number of carbonyl (C=O) groups excluding carboxylic acids is 14. The summed E-state index contributed by atoms with van der Waals surface area (Å²) in [6, 6.07) is 0.449. The normalized spacial score (nSPS) is 15.3. The maximum atomic E-state index is 14.6. The minimum absolute atomic E-state index is 0.00317. The fraction of sp³-hybridized carbons (Fsp3) is 0.571. The van der Waals surface area contributed by atoms with Crippen LogP contribution < -0.4 is 87.2 Å². The summed E-state index contributed by atoms with van der Waals surface area (Å²) in [4.78, 5) is 194. The summed E-state index contributed by atoms with van der Waals surface area (Å²) in [7, 11) is 0. The summed E-state index contributed by atoms with van der Waals surface area (Å²) in [5.41, 5.74) is 28.8. The lowest BCUT2D eigenvalue weighted by Gasteiger charge is -2.28. The van der Waals surface area contributed by atoms with Crippen molar-refractivity contribution in [1.82, 2.24) is 63.4 Å². The number of benzene rings is 2. The van der Waals surface area contributed by atoms with E-state index in [9.17, 15) is 82.4 Å². The topological polar surface area (TPSA) is 578 Å². The number of nitrogens with two attached hydrogens (primary N) is 5. The van der Waals surface area contributed by atoms with Crippen LogP contribution in [0.3, 0.4) is 0 Å². The van der Waals surface area contributed by atoms with Crippen LogP contribution in [-0.4, -0.2) is 227 Å². The van der Waals surface area contributed by atoms with E-state index in [2.05, 4.69) is 63.5 Å². The molecule has 36 heteroatoms. The van der Waals surface area contributed by atoms with Crippen LogP contribution >= 0.6 is 11.8 Å². The van der Waals surface area contributed by atoms with Gasteiger partial charge in [0.1, 0.15) is 66.2 Å². The first-order chi connectivity index (χ1) is 46.8. The second-order valence-corrected chi connectivity index (χ2v) is 25.4. The van der Waals surface area contributed by atoms with Gasteiger partial charge in [0.25, 0.3) is 0 Å². The van der Waals surface area contributed by atoms with E-state index in [1.54, 1.807) is 50.4 Å². The number of aliphatic hydroxyl groups is 2. The van der Waals surface area contributed by atoms with E-state index in [-0.39, 0.29) is 93.8 Å². The number of hydrogen-bond donors (Lipinski definition) is 19. The van der Waals surface area contributed by atoms with Crippen molar-refractivity contribution in [3.05, 3.63) is 65.7 Å². The van der Waals surface area contributed by atoms with Crippen molar-refractivity contribution < 1.29 is 82.4 Å². The molecular formula is C63H98N18O17S. The standard InChI is InChI=1S/C63H98N18O17S/c1-34(2)25-43(53(66)89)74-51(87)30-70-54(90)45(27-36-11-7-6-8-12-36)75-52(88)31-71-55(91)46(28-37-15-17-38(84)18-16-37)79-60(96)44(26-35(3)4)78-57(93)40(13-9-22-69-63(67)68)76-58(94)41(19-20-49(65)85)77-59(95)42(21-24-99-5)73-50(86)29-72-56(92)47(33-83)80-61(97)48-14-10-23-81(48)62(98)39(64)32-82/h6-8,11-12,15-18,34-35,39-48,82-84H,9-10,13-14,19-33,64H2,1-5H3,(H2,65,85)(H2,66,89)(H,70,90)(H,71,91)(H,72,92)(H,73,86)(H,74,87)(H,75,88)(H,76,94)(H,77,95)(H,78,93)(H,79,96)(H,80,97)(H4,67,68,69)/t39-,40-,41-,42-,43-,44-,45-,46-,47-,48-/m0/s1. The van der Waals surface area contributed by atoms with Gasteiger partial charge in [-0.1, -0.05) is 70.2 Å². The molecule has 2 aromatic carbocycles. The third kappa shape index (κ3) is 31.2. The summed E-state index contributed by atoms with van der Waals surface area (Å²) in [6.45, 7) is 3.50. The lowest BCUT2D eigenvalue weighted by Crippen LogP contribution is -2.60. The highest BCUT2D eigenvalue weighted by Crippen LogP contribution is 2.19. The second-order valence-electron chi connectivity index (χ2n) is 24.4. The zero-order valence-corrected chi connectivity index (χ0v) is 57.1. The zero-order chi connectivity index (χ0) is 73.9. The van der Waals surface area contributed by atoms with Gasteiger partial charge in [0.05, 0.1) is 32.8 Å². The Morgan fingerprint density at radius 2 is 1.00 bits per heavy atom. The average Bonchev–Trinajstić information content (AvgIpc) is 1.77. The molecule has 3 rings (SSSR count). The molecule has 0 aromatic heterocycles. The Labute approximate surface area is 577 Å². The first kappa shape index (κ1) is 83.5. The highest BCUT2D eigenvalue weighted by molar-refractivity contribution is 7.98. The molecule has 99 heavy (non-hydrogen) atoms. The highest BCUT2D eigenvalue weighted by Gasteiger charge is 2.39. The second kappa shape index (κ2) is 43.6. The first-order valence-electron chi connectivity index (χ1n) is 32.3. The number of carbonyl (C=O) groups is 14. The average molecular weight is 1410 g/mol. The summed E-state index contributed by atoms with van der Waals surface area (Å²) in [6.07, 6.45) is 1.08. The van der Waals surface area contributed by atoms with Crippen LogP contribution in [0.15, 0.2) is 59.6 Å². The van der Waals surface area contributed by atoms with E-state index >= 15 is 0 Å². The number of aromatic hydroxyl groups is 1. The third-order valence-electron chi connectivity index (χ3n) is 15.3. The number of amides is 14. The number of primary amides is 2. The maximum absolute atomic E-state index is 14.6. The van der Waals surface area contributed by atoms with Crippen molar-refractivity contribution in [1.29, 1.82) is 0 Å². The number of likely N-dealkylation sites (tertiary alicyclic amines) is 1. The fourth-order valence-corrected chi connectivity index (χ4v) is 10.6. The number of guanidine groups is 1. The summed E-state index contributed by atoms with van der Waals surface area (Å²) >= 11 is 1.28. The summed E-state index contributed by atoms with van der Waals surface area (Å²) in [5, 5.41) is 56.9. The minimum Gasteiger partial charge on any atom is -0.508 e. The van der Waals surface area contributed by atoms with E-state index in [1.165, 1.54) is 36.0 Å². The summed E-state index contributed by atoms with van der Waals surface area (Å²) in [5.74, 6) is -12.7. The van der Waals surface area contributed by atoms with Crippen molar-refractivity contribution in [3.63, 3.8) is 0 Å². The van der Waals surface area contributed by atoms with Gasteiger partial charge in [-0.25, -0.2) is 0 Å². The highest BCUT2D eigenvalue weighted by atomic mass is 32.2. The Bertz CT molecular complexity index is 3110. The molecule has 548 valence electrons. The Balaban J connectivity index is 1.85. The van der Waals surface area contributed by atoms with Crippen LogP contribution in [0, 0.1) is 11.8 Å². The number of aliphatic hydroxyl groups excluding tert-OH is 2. The molecule has 1 heterocycles.